The first-order valence-corrected chi connectivity index (χ1v) is 6.22. The zero-order valence-electron chi connectivity index (χ0n) is 11.6. The Morgan fingerprint density at radius 3 is 2.71 bits per heavy atom. The highest BCUT2D eigenvalue weighted by Crippen LogP contribution is 2.29. The summed E-state index contributed by atoms with van der Waals surface area (Å²) in [7, 11) is 1.76. The maximum atomic E-state index is 5.62. The van der Waals surface area contributed by atoms with Crippen molar-refractivity contribution in [1.82, 2.24) is 10.3 Å². The molecule has 0 fully saturated rings. The maximum absolute atomic E-state index is 5.62. The first-order chi connectivity index (χ1) is 8.03. The lowest BCUT2D eigenvalue weighted by Crippen LogP contribution is -2.41. The molecule has 1 N–H and O–H groups in total. The summed E-state index contributed by atoms with van der Waals surface area (Å²) in [6, 6.07) is 2.21. The highest BCUT2D eigenvalue weighted by Gasteiger charge is 2.31. The van der Waals surface area contributed by atoms with Crippen LogP contribution >= 0.6 is 0 Å². The molecule has 1 aromatic heterocycles. The van der Waals surface area contributed by atoms with Gasteiger partial charge in [0.1, 0.15) is 0 Å². The lowest BCUT2D eigenvalue weighted by molar-refractivity contribution is -0.0113. The van der Waals surface area contributed by atoms with Gasteiger partial charge in [-0.15, -0.1) is 0 Å². The molecule has 3 nitrogen and oxygen atoms in total. The Hall–Kier alpha value is -0.930. The van der Waals surface area contributed by atoms with Crippen LogP contribution in [-0.2, 0) is 4.74 Å². The molecule has 0 radical (unpaired) electrons. The van der Waals surface area contributed by atoms with Crippen molar-refractivity contribution in [2.45, 2.75) is 45.8 Å². The summed E-state index contributed by atoms with van der Waals surface area (Å²) in [6.45, 7) is 9.47. The van der Waals surface area contributed by atoms with Gasteiger partial charge in [-0.3, -0.25) is 4.98 Å². The standard InChI is InChI=1S/C14H24N2O/c1-6-8-16-13(14(3,4)17-5)12-10-15-9-7-11(12)2/h7,9-10,13,16H,6,8H2,1-5H3. The van der Waals surface area contributed by atoms with E-state index < -0.39 is 0 Å². The number of methoxy groups -OCH3 is 1. The van der Waals surface area contributed by atoms with Crippen LogP contribution in [0.1, 0.15) is 44.4 Å². The maximum Gasteiger partial charge on any atom is 0.0817 e. The molecule has 0 bridgehead atoms. The van der Waals surface area contributed by atoms with Crippen molar-refractivity contribution in [2.24, 2.45) is 0 Å². The first kappa shape index (κ1) is 14.1. The van der Waals surface area contributed by atoms with Gasteiger partial charge >= 0.3 is 0 Å². The third-order valence-electron chi connectivity index (χ3n) is 3.21. The number of nitrogens with one attached hydrogen (secondary N) is 1. The Morgan fingerprint density at radius 1 is 1.47 bits per heavy atom. The second-order valence-electron chi connectivity index (χ2n) is 4.93. The summed E-state index contributed by atoms with van der Waals surface area (Å²) < 4.78 is 5.62. The van der Waals surface area contributed by atoms with Gasteiger partial charge < -0.3 is 10.1 Å². The van der Waals surface area contributed by atoms with E-state index in [1.54, 1.807) is 7.11 Å². The molecular weight excluding hydrogens is 212 g/mol. The third-order valence-corrected chi connectivity index (χ3v) is 3.21. The zero-order valence-corrected chi connectivity index (χ0v) is 11.6. The highest BCUT2D eigenvalue weighted by atomic mass is 16.5. The molecule has 0 saturated heterocycles. The van der Waals surface area contributed by atoms with Crippen LogP contribution in [0.5, 0.6) is 0 Å². The van der Waals surface area contributed by atoms with Gasteiger partial charge in [0.2, 0.25) is 0 Å². The molecule has 0 amide bonds. The van der Waals surface area contributed by atoms with Gasteiger partial charge in [0.15, 0.2) is 0 Å². The minimum absolute atomic E-state index is 0.168. The quantitative estimate of drug-likeness (QED) is 0.824. The summed E-state index contributed by atoms with van der Waals surface area (Å²) >= 11 is 0. The van der Waals surface area contributed by atoms with Crippen LogP contribution in [0.15, 0.2) is 18.5 Å². The third kappa shape index (κ3) is 3.51. The highest BCUT2D eigenvalue weighted by molar-refractivity contribution is 5.27. The Morgan fingerprint density at radius 2 is 2.18 bits per heavy atom. The number of aromatic nitrogens is 1. The number of nitrogens with zero attached hydrogens (tertiary/aromatic N) is 1. The van der Waals surface area contributed by atoms with Crippen LogP contribution in [0, 0.1) is 6.92 Å². The molecule has 1 atom stereocenters. The number of ether oxygens (including phenoxy) is 1. The van der Waals surface area contributed by atoms with Gasteiger partial charge in [-0.1, -0.05) is 6.92 Å². The number of hydrogen-bond donors (Lipinski definition) is 1. The Balaban J connectivity index is 3.02. The number of aryl methyl sites for hydroxylation is 1. The molecule has 0 aliphatic heterocycles. The lowest BCUT2D eigenvalue weighted by atomic mass is 9.90. The molecule has 17 heavy (non-hydrogen) atoms. The minimum atomic E-state index is -0.247. The molecule has 1 aromatic rings. The molecule has 0 spiro atoms. The monoisotopic (exact) mass is 236 g/mol. The average molecular weight is 236 g/mol. The predicted octanol–water partition coefficient (Wildman–Crippen LogP) is 2.86. The van der Waals surface area contributed by atoms with Gasteiger partial charge in [-0.2, -0.15) is 0 Å². The molecule has 1 unspecified atom stereocenters. The smallest absolute Gasteiger partial charge is 0.0817 e. The fourth-order valence-electron chi connectivity index (χ4n) is 1.92. The van der Waals surface area contributed by atoms with Gasteiger partial charge in [-0.25, -0.2) is 0 Å². The van der Waals surface area contributed by atoms with Crippen LogP contribution in [0.25, 0.3) is 0 Å². The van der Waals surface area contributed by atoms with Crippen LogP contribution in [-0.4, -0.2) is 24.2 Å². The first-order valence-electron chi connectivity index (χ1n) is 6.22. The summed E-state index contributed by atoms with van der Waals surface area (Å²) in [5.41, 5.74) is 2.22. The van der Waals surface area contributed by atoms with Gasteiger partial charge in [0.05, 0.1) is 11.6 Å². The fourth-order valence-corrected chi connectivity index (χ4v) is 1.92. The summed E-state index contributed by atoms with van der Waals surface area (Å²) in [5.74, 6) is 0. The molecule has 96 valence electrons. The second-order valence-corrected chi connectivity index (χ2v) is 4.93. The van der Waals surface area contributed by atoms with Crippen LogP contribution in [0.2, 0.25) is 0 Å². The van der Waals surface area contributed by atoms with Gasteiger partial charge in [0.25, 0.3) is 0 Å². The molecule has 1 heterocycles. The largest absolute Gasteiger partial charge is 0.377 e. The van der Waals surface area contributed by atoms with Crippen molar-refractivity contribution in [3.63, 3.8) is 0 Å². The number of rotatable bonds is 6. The topological polar surface area (TPSA) is 34.2 Å². The van der Waals surface area contributed by atoms with Gasteiger partial charge in [0, 0.05) is 19.5 Å². The predicted molar refractivity (Wildman–Crippen MR) is 71.1 cm³/mol. The summed E-state index contributed by atoms with van der Waals surface area (Å²) in [5, 5.41) is 3.55. The van der Waals surface area contributed by atoms with E-state index in [0.29, 0.717) is 0 Å². The SMILES string of the molecule is CCCNC(c1cnccc1C)C(C)(C)OC. The van der Waals surface area contributed by atoms with E-state index in [4.69, 9.17) is 4.74 Å². The number of pyridine rings is 1. The Labute approximate surface area is 105 Å². The van der Waals surface area contributed by atoms with E-state index in [1.165, 1.54) is 11.1 Å². The lowest BCUT2D eigenvalue weighted by Gasteiger charge is -2.34. The average Bonchev–Trinajstić information content (AvgIpc) is 2.31. The fraction of sp³-hybridized carbons (Fsp3) is 0.643. The van der Waals surface area contributed by atoms with E-state index in [0.717, 1.165) is 13.0 Å². The van der Waals surface area contributed by atoms with Crippen molar-refractivity contribution >= 4 is 0 Å². The van der Waals surface area contributed by atoms with E-state index in [-0.39, 0.29) is 11.6 Å². The second kappa shape index (κ2) is 6.12. The molecule has 0 saturated carbocycles. The van der Waals surface area contributed by atoms with Gasteiger partial charge in [-0.05, 0) is 50.9 Å². The molecule has 0 aliphatic carbocycles. The van der Waals surface area contributed by atoms with Crippen LogP contribution in [0.3, 0.4) is 0 Å². The van der Waals surface area contributed by atoms with E-state index in [2.05, 4.69) is 38.0 Å². The Kier molecular flexibility index (Phi) is 5.09. The molecular formula is C14H24N2O. The zero-order chi connectivity index (χ0) is 12.9. The molecule has 3 heteroatoms. The van der Waals surface area contributed by atoms with Crippen molar-refractivity contribution in [3.8, 4) is 0 Å². The summed E-state index contributed by atoms with van der Waals surface area (Å²) in [6.07, 6.45) is 4.87. The number of hydrogen-bond acceptors (Lipinski definition) is 3. The molecule has 0 aliphatic rings. The minimum Gasteiger partial charge on any atom is -0.377 e. The van der Waals surface area contributed by atoms with E-state index in [9.17, 15) is 0 Å². The van der Waals surface area contributed by atoms with Crippen molar-refractivity contribution in [1.29, 1.82) is 0 Å². The van der Waals surface area contributed by atoms with Crippen molar-refractivity contribution in [3.05, 3.63) is 29.6 Å². The van der Waals surface area contributed by atoms with E-state index in [1.807, 2.05) is 18.5 Å². The van der Waals surface area contributed by atoms with Crippen LogP contribution in [0.4, 0.5) is 0 Å². The molecule has 1 rings (SSSR count). The Bertz CT molecular complexity index is 350. The van der Waals surface area contributed by atoms with Crippen molar-refractivity contribution in [2.75, 3.05) is 13.7 Å². The van der Waals surface area contributed by atoms with Crippen LogP contribution < -0.4 is 5.32 Å². The van der Waals surface area contributed by atoms with E-state index >= 15 is 0 Å². The van der Waals surface area contributed by atoms with Crippen molar-refractivity contribution < 1.29 is 4.74 Å². The summed E-state index contributed by atoms with van der Waals surface area (Å²) in [4.78, 5) is 4.23. The molecule has 0 aromatic carbocycles. The normalized spacial score (nSPS) is 13.7.